The van der Waals surface area contributed by atoms with Crippen molar-refractivity contribution in [3.63, 3.8) is 0 Å². The lowest BCUT2D eigenvalue weighted by atomic mass is 9.87. The van der Waals surface area contributed by atoms with Gasteiger partial charge in [0.25, 0.3) is 5.92 Å². The second-order valence-electron chi connectivity index (χ2n) is 19.6. The number of hydrogen-bond acceptors (Lipinski definition) is 9. The first-order valence-corrected chi connectivity index (χ1v) is 25.7. The van der Waals surface area contributed by atoms with Crippen LogP contribution in [0.25, 0.3) is 44.0 Å². The molecule has 0 saturated carbocycles. The standard InChI is InChI=1S/C59H63F2N9S/c1-8-52-49(27-28-56(65-52)70-32-29-43-17-14-20-47(51(43)35-70)40(5)64-58-66-53-21-11-12-22-55(53)71-58)46-19-13-16-42(39(46)4)15-9-10-18-44-30-31-69(36-59(44,60)61)34-38(3)63-45-24-26-50-54(33-45)68(7)67-57(50)48-25-23-37(2)62-41(48)6/h8,11-14,16-17,19-22,24,26-28,33,44,48,62-63H,1-3,5-6,9-10,15,18,23,25,29-32,34-36H2,4,7H3,(H,64,66). The zero-order chi connectivity index (χ0) is 49.4. The number of rotatable bonds is 16. The Bertz CT molecular complexity index is 3190. The summed E-state index contributed by atoms with van der Waals surface area (Å²) in [5.74, 6) is -2.39. The maximum absolute atomic E-state index is 15.8. The third-order valence-corrected chi connectivity index (χ3v) is 15.8. The predicted molar refractivity (Wildman–Crippen MR) is 292 cm³/mol. The maximum Gasteiger partial charge on any atom is 0.263 e. The summed E-state index contributed by atoms with van der Waals surface area (Å²) >= 11 is 1.63. The Morgan fingerprint density at radius 1 is 0.915 bits per heavy atom. The number of para-hydroxylation sites is 1. The van der Waals surface area contributed by atoms with E-state index in [1.54, 1.807) is 11.3 Å². The molecule has 2 fully saturated rings. The average molecular weight is 968 g/mol. The number of thiazole rings is 1. The summed E-state index contributed by atoms with van der Waals surface area (Å²) in [6, 6.07) is 31.5. The summed E-state index contributed by atoms with van der Waals surface area (Å²) in [7, 11) is 1.94. The van der Waals surface area contributed by atoms with Gasteiger partial charge in [-0.3, -0.25) is 9.58 Å². The quantitative estimate of drug-likeness (QED) is 0.0826. The molecule has 3 aromatic heterocycles. The summed E-state index contributed by atoms with van der Waals surface area (Å²) in [6.07, 6.45) is 7.93. The van der Waals surface area contributed by atoms with Gasteiger partial charge >= 0.3 is 0 Å². The van der Waals surface area contributed by atoms with Crippen LogP contribution in [-0.4, -0.2) is 56.7 Å². The van der Waals surface area contributed by atoms with Gasteiger partial charge in [0, 0.05) is 83.5 Å². The number of alkyl halides is 2. The summed E-state index contributed by atoms with van der Waals surface area (Å²) in [6.45, 7) is 25.6. The van der Waals surface area contributed by atoms with E-state index in [1.165, 1.54) is 22.3 Å². The van der Waals surface area contributed by atoms with Crippen molar-refractivity contribution in [1.29, 1.82) is 0 Å². The molecule has 0 spiro atoms. The van der Waals surface area contributed by atoms with E-state index in [0.29, 0.717) is 38.2 Å². The van der Waals surface area contributed by atoms with Gasteiger partial charge in [-0.05, 0) is 135 Å². The van der Waals surface area contributed by atoms with Gasteiger partial charge in [0.2, 0.25) is 0 Å². The van der Waals surface area contributed by atoms with E-state index in [4.69, 9.17) is 15.1 Å². The number of likely N-dealkylation sites (tertiary alicyclic amines) is 1. The van der Waals surface area contributed by atoms with Crippen molar-refractivity contribution in [3.05, 3.63) is 180 Å². The molecule has 3 aliphatic heterocycles. The molecule has 0 bridgehead atoms. The molecule has 6 heterocycles. The molecule has 2 unspecified atom stereocenters. The van der Waals surface area contributed by atoms with Crippen molar-refractivity contribution < 1.29 is 8.78 Å². The number of piperidine rings is 2. The molecular formula is C59H63F2N9S. The molecule has 12 heteroatoms. The Morgan fingerprint density at radius 2 is 1.76 bits per heavy atom. The van der Waals surface area contributed by atoms with Crippen molar-refractivity contribution in [2.75, 3.05) is 41.7 Å². The zero-order valence-electron chi connectivity index (χ0n) is 41.0. The van der Waals surface area contributed by atoms with Crippen molar-refractivity contribution >= 4 is 60.9 Å². The number of hydrogen-bond donors (Lipinski definition) is 3. The van der Waals surface area contributed by atoms with Gasteiger partial charge in [0.05, 0.1) is 33.7 Å². The normalized spacial score (nSPS) is 18.1. The van der Waals surface area contributed by atoms with Gasteiger partial charge in [-0.15, -0.1) is 0 Å². The highest BCUT2D eigenvalue weighted by atomic mass is 32.1. The monoisotopic (exact) mass is 967 g/mol. The minimum atomic E-state index is -2.77. The molecule has 0 aliphatic carbocycles. The van der Waals surface area contributed by atoms with Gasteiger partial charge in [-0.25, -0.2) is 18.7 Å². The summed E-state index contributed by atoms with van der Waals surface area (Å²) in [4.78, 5) is 14.1. The number of aromatic nitrogens is 4. The molecule has 0 radical (unpaired) electrons. The van der Waals surface area contributed by atoms with Crippen LogP contribution in [0.2, 0.25) is 0 Å². The number of pyridine rings is 1. The molecule has 0 amide bonds. The second kappa shape index (κ2) is 20.1. The molecule has 2 atom stereocenters. The first-order chi connectivity index (χ1) is 34.3. The highest BCUT2D eigenvalue weighted by Gasteiger charge is 2.44. The highest BCUT2D eigenvalue weighted by molar-refractivity contribution is 7.22. The van der Waals surface area contributed by atoms with Crippen molar-refractivity contribution in [1.82, 2.24) is 30.0 Å². The fourth-order valence-electron chi connectivity index (χ4n) is 11.0. The maximum atomic E-state index is 15.8. The number of benzene rings is 4. The van der Waals surface area contributed by atoms with E-state index in [2.05, 4.69) is 127 Å². The number of nitrogens with zero attached hydrogens (tertiary/aromatic N) is 6. The molecule has 364 valence electrons. The van der Waals surface area contributed by atoms with E-state index in [-0.39, 0.29) is 12.5 Å². The van der Waals surface area contributed by atoms with E-state index < -0.39 is 11.8 Å². The number of allylic oxidation sites excluding steroid dienone is 2. The van der Waals surface area contributed by atoms with Crippen LogP contribution in [0.5, 0.6) is 0 Å². The molecule has 4 aromatic carbocycles. The Balaban J connectivity index is 0.719. The van der Waals surface area contributed by atoms with Crippen LogP contribution in [0.4, 0.5) is 25.4 Å². The molecule has 2 saturated heterocycles. The number of fused-ring (bicyclic) bond motifs is 3. The summed E-state index contributed by atoms with van der Waals surface area (Å²) in [5, 5.41) is 16.9. The Kier molecular flexibility index (Phi) is 13.5. The molecule has 9 nitrogen and oxygen atoms in total. The first kappa shape index (κ1) is 47.8. The van der Waals surface area contributed by atoms with Crippen LogP contribution in [-0.2, 0) is 26.4 Å². The number of halogens is 2. The van der Waals surface area contributed by atoms with Gasteiger partial charge < -0.3 is 20.9 Å². The SMILES string of the molecule is C=Cc1nc(N2CCc3cccc(C(=C)Nc4nc5ccccc5s4)c3C2)ccc1-c1cccc(CCCCC2CCN(CC(=C)Nc3ccc4c(C5CCC(=C)NC5=C)nn(C)c4c3)CC2(F)F)c1C. The fraction of sp³-hybridized carbons (Fsp3) is 0.305. The van der Waals surface area contributed by atoms with Gasteiger partial charge in [-0.2, -0.15) is 5.10 Å². The second-order valence-corrected chi connectivity index (χ2v) is 20.6. The smallest absolute Gasteiger partial charge is 0.263 e. The Morgan fingerprint density at radius 3 is 2.58 bits per heavy atom. The molecule has 71 heavy (non-hydrogen) atoms. The number of anilines is 3. The molecule has 3 N–H and O–H groups in total. The lowest BCUT2D eigenvalue weighted by Crippen LogP contribution is -2.49. The molecule has 10 rings (SSSR count). The van der Waals surface area contributed by atoms with Gasteiger partial charge in [0.1, 0.15) is 5.82 Å². The summed E-state index contributed by atoms with van der Waals surface area (Å²) < 4.78 is 34.6. The van der Waals surface area contributed by atoms with E-state index in [0.717, 1.165) is 128 Å². The largest absolute Gasteiger partial charge is 0.363 e. The van der Waals surface area contributed by atoms with Crippen LogP contribution in [0, 0.1) is 12.8 Å². The minimum Gasteiger partial charge on any atom is -0.363 e. The number of aryl methyl sites for hydroxylation is 2. The van der Waals surface area contributed by atoms with Crippen molar-refractivity contribution in [3.8, 4) is 11.1 Å². The Hall–Kier alpha value is -6.89. The van der Waals surface area contributed by atoms with Crippen LogP contribution in [0.1, 0.15) is 83.6 Å². The lowest BCUT2D eigenvalue weighted by Gasteiger charge is -2.38. The minimum absolute atomic E-state index is 0.109. The molecule has 7 aromatic rings. The van der Waals surface area contributed by atoms with E-state index in [9.17, 15) is 0 Å². The van der Waals surface area contributed by atoms with Crippen LogP contribution >= 0.6 is 11.3 Å². The fourth-order valence-corrected chi connectivity index (χ4v) is 11.9. The molecule has 3 aliphatic rings. The highest BCUT2D eigenvalue weighted by Crippen LogP contribution is 2.40. The van der Waals surface area contributed by atoms with Crippen LogP contribution in [0.15, 0.2) is 141 Å². The first-order valence-electron chi connectivity index (χ1n) is 24.9. The third kappa shape index (κ3) is 10.1. The van der Waals surface area contributed by atoms with Gasteiger partial charge in [-0.1, -0.05) is 99.2 Å². The van der Waals surface area contributed by atoms with Crippen molar-refractivity contribution in [2.45, 2.75) is 76.7 Å². The zero-order valence-corrected chi connectivity index (χ0v) is 41.8. The number of nitrogens with one attached hydrogen (secondary N) is 3. The van der Waals surface area contributed by atoms with Gasteiger partial charge in [0.15, 0.2) is 5.13 Å². The van der Waals surface area contributed by atoms with E-state index >= 15 is 8.78 Å². The Labute approximate surface area is 420 Å². The van der Waals surface area contributed by atoms with Crippen LogP contribution in [0.3, 0.4) is 0 Å². The summed E-state index contributed by atoms with van der Waals surface area (Å²) in [5.41, 5.74) is 16.3. The lowest BCUT2D eigenvalue weighted by molar-refractivity contribution is -0.111. The van der Waals surface area contributed by atoms with Crippen LogP contribution < -0.4 is 20.9 Å². The molecular weight excluding hydrogens is 905 g/mol. The topological polar surface area (TPSA) is 86.2 Å². The average Bonchev–Trinajstić information content (AvgIpc) is 3.92. The predicted octanol–water partition coefficient (Wildman–Crippen LogP) is 13.6. The van der Waals surface area contributed by atoms with E-state index in [1.807, 2.05) is 47.0 Å². The van der Waals surface area contributed by atoms with Crippen molar-refractivity contribution in [2.24, 2.45) is 13.0 Å². The number of unbranched alkanes of at least 4 members (excludes halogenated alkanes) is 1. The third-order valence-electron chi connectivity index (χ3n) is 14.8.